The van der Waals surface area contributed by atoms with E-state index >= 15 is 0 Å². The largest absolute Gasteiger partial charge is 0.494 e. The number of nitrogens with two attached hydrogens (primary N) is 1. The number of hydrogen-bond donors (Lipinski definition) is 2. The molecular weight excluding hydrogens is 259 g/mol. The van der Waals surface area contributed by atoms with Gasteiger partial charge in [0.05, 0.1) is 18.8 Å². The lowest BCUT2D eigenvalue weighted by atomic mass is 10.0. The summed E-state index contributed by atoms with van der Waals surface area (Å²) in [5, 5.41) is 4.26. The zero-order chi connectivity index (χ0) is 14.5. The third kappa shape index (κ3) is 2.81. The second-order valence-electron chi connectivity index (χ2n) is 4.47. The molecule has 0 aliphatic heterocycles. The van der Waals surface area contributed by atoms with Crippen molar-refractivity contribution in [2.75, 3.05) is 7.11 Å². The number of hydrazine groups is 1. The van der Waals surface area contributed by atoms with Crippen LogP contribution < -0.4 is 16.0 Å². The van der Waals surface area contributed by atoms with Crippen molar-refractivity contribution in [3.8, 4) is 5.75 Å². The summed E-state index contributed by atoms with van der Waals surface area (Å²) >= 11 is 0. The molecule has 0 aliphatic rings. The van der Waals surface area contributed by atoms with E-state index in [0.717, 1.165) is 24.2 Å². The van der Waals surface area contributed by atoms with Gasteiger partial charge in [0, 0.05) is 12.7 Å². The van der Waals surface area contributed by atoms with Crippen LogP contribution >= 0.6 is 0 Å². The maximum Gasteiger partial charge on any atom is 0.165 e. The molecule has 0 radical (unpaired) electrons. The van der Waals surface area contributed by atoms with Gasteiger partial charge in [0.2, 0.25) is 0 Å². The highest BCUT2D eigenvalue weighted by Gasteiger charge is 2.18. The number of hydrogen-bond acceptors (Lipinski definition) is 4. The summed E-state index contributed by atoms with van der Waals surface area (Å²) in [5.41, 5.74) is 4.34. The Hall–Kier alpha value is -1.92. The van der Waals surface area contributed by atoms with Crippen LogP contribution in [0.4, 0.5) is 4.39 Å². The minimum absolute atomic E-state index is 0.214. The van der Waals surface area contributed by atoms with Crippen molar-refractivity contribution in [2.24, 2.45) is 5.84 Å². The van der Waals surface area contributed by atoms with Crippen LogP contribution in [0.15, 0.2) is 30.5 Å². The summed E-state index contributed by atoms with van der Waals surface area (Å²) in [4.78, 5) is 0. The highest BCUT2D eigenvalue weighted by atomic mass is 19.1. The van der Waals surface area contributed by atoms with Gasteiger partial charge in [-0.2, -0.15) is 5.10 Å². The van der Waals surface area contributed by atoms with Gasteiger partial charge in [0.15, 0.2) is 11.6 Å². The molecule has 3 N–H and O–H groups in total. The van der Waals surface area contributed by atoms with Gasteiger partial charge in [-0.05, 0) is 30.2 Å². The molecule has 0 aliphatic carbocycles. The molecule has 1 aromatic carbocycles. The fourth-order valence-electron chi connectivity index (χ4n) is 2.20. The molecule has 0 spiro atoms. The van der Waals surface area contributed by atoms with Crippen molar-refractivity contribution in [3.05, 3.63) is 47.5 Å². The first-order valence-corrected chi connectivity index (χ1v) is 6.52. The number of aryl methyl sites for hydroxylation is 1. The van der Waals surface area contributed by atoms with Gasteiger partial charge < -0.3 is 4.74 Å². The third-order valence-electron chi connectivity index (χ3n) is 3.16. The first-order chi connectivity index (χ1) is 9.71. The molecule has 2 aromatic rings. The van der Waals surface area contributed by atoms with Crippen molar-refractivity contribution in [3.63, 3.8) is 0 Å². The normalized spacial score (nSPS) is 12.4. The average molecular weight is 278 g/mol. The molecule has 2 rings (SSSR count). The van der Waals surface area contributed by atoms with Gasteiger partial charge in [-0.25, -0.2) is 9.82 Å². The van der Waals surface area contributed by atoms with E-state index in [1.54, 1.807) is 18.3 Å². The fraction of sp³-hybridized carbons (Fsp3) is 0.357. The first-order valence-electron chi connectivity index (χ1n) is 6.52. The molecule has 1 aromatic heterocycles. The minimum Gasteiger partial charge on any atom is -0.494 e. The molecule has 0 saturated heterocycles. The molecule has 1 atom stereocenters. The monoisotopic (exact) mass is 278 g/mol. The molecule has 5 nitrogen and oxygen atoms in total. The van der Waals surface area contributed by atoms with Crippen molar-refractivity contribution in [2.45, 2.75) is 25.9 Å². The van der Waals surface area contributed by atoms with Gasteiger partial charge in [-0.15, -0.1) is 0 Å². The van der Waals surface area contributed by atoms with E-state index < -0.39 is 5.82 Å². The van der Waals surface area contributed by atoms with Crippen LogP contribution in [0.2, 0.25) is 0 Å². The molecular formula is C14H19FN4O. The lowest BCUT2D eigenvalue weighted by Gasteiger charge is -2.18. The van der Waals surface area contributed by atoms with Gasteiger partial charge in [-0.3, -0.25) is 10.5 Å². The molecule has 20 heavy (non-hydrogen) atoms. The van der Waals surface area contributed by atoms with Crippen LogP contribution in [0.3, 0.4) is 0 Å². The number of methoxy groups -OCH3 is 1. The third-order valence-corrected chi connectivity index (χ3v) is 3.16. The first kappa shape index (κ1) is 14.5. The van der Waals surface area contributed by atoms with E-state index in [1.807, 2.05) is 10.7 Å². The van der Waals surface area contributed by atoms with Crippen molar-refractivity contribution in [1.82, 2.24) is 15.2 Å². The van der Waals surface area contributed by atoms with Gasteiger partial charge in [0.25, 0.3) is 0 Å². The molecule has 1 heterocycles. The van der Waals surface area contributed by atoms with Gasteiger partial charge in [0.1, 0.15) is 0 Å². The summed E-state index contributed by atoms with van der Waals surface area (Å²) < 4.78 is 20.6. The van der Waals surface area contributed by atoms with E-state index in [-0.39, 0.29) is 11.8 Å². The zero-order valence-corrected chi connectivity index (χ0v) is 11.6. The second-order valence-corrected chi connectivity index (χ2v) is 4.47. The van der Waals surface area contributed by atoms with Crippen LogP contribution in [0.1, 0.15) is 30.6 Å². The summed E-state index contributed by atoms with van der Waals surface area (Å²) in [7, 11) is 1.44. The molecule has 0 amide bonds. The Morgan fingerprint density at radius 1 is 1.45 bits per heavy atom. The number of ether oxygens (including phenoxy) is 1. The molecule has 0 fully saturated rings. The Balaban J connectivity index is 2.36. The summed E-state index contributed by atoms with van der Waals surface area (Å²) in [6.45, 7) is 2.86. The highest BCUT2D eigenvalue weighted by molar-refractivity contribution is 5.34. The van der Waals surface area contributed by atoms with E-state index in [2.05, 4.69) is 17.4 Å². The van der Waals surface area contributed by atoms with E-state index in [0.29, 0.717) is 0 Å². The number of halogens is 1. The Bertz CT molecular complexity index is 570. The quantitative estimate of drug-likeness (QED) is 0.626. The Morgan fingerprint density at radius 3 is 2.85 bits per heavy atom. The molecule has 108 valence electrons. The Morgan fingerprint density at radius 2 is 2.25 bits per heavy atom. The van der Waals surface area contributed by atoms with Crippen LogP contribution in [-0.4, -0.2) is 16.9 Å². The average Bonchev–Trinajstić information content (AvgIpc) is 2.89. The lowest BCUT2D eigenvalue weighted by molar-refractivity contribution is 0.385. The summed E-state index contributed by atoms with van der Waals surface area (Å²) in [6, 6.07) is 6.37. The SMILES string of the molecule is CCCn1nccc1C(NN)c1ccc(OC)c(F)c1. The molecule has 0 bridgehead atoms. The Labute approximate surface area is 117 Å². The van der Waals surface area contributed by atoms with E-state index in [1.165, 1.54) is 13.2 Å². The molecule has 1 unspecified atom stereocenters. The summed E-state index contributed by atoms with van der Waals surface area (Å²) in [6.07, 6.45) is 2.68. The minimum atomic E-state index is -0.410. The van der Waals surface area contributed by atoms with Gasteiger partial charge in [-0.1, -0.05) is 13.0 Å². The molecule has 6 heteroatoms. The smallest absolute Gasteiger partial charge is 0.165 e. The number of benzene rings is 1. The summed E-state index contributed by atoms with van der Waals surface area (Å²) in [5.74, 6) is 5.44. The fourth-order valence-corrected chi connectivity index (χ4v) is 2.20. The zero-order valence-electron chi connectivity index (χ0n) is 11.6. The van der Waals surface area contributed by atoms with Crippen molar-refractivity contribution < 1.29 is 9.13 Å². The number of rotatable bonds is 6. The topological polar surface area (TPSA) is 65.1 Å². The van der Waals surface area contributed by atoms with Crippen molar-refractivity contribution in [1.29, 1.82) is 0 Å². The molecule has 0 saturated carbocycles. The van der Waals surface area contributed by atoms with E-state index in [9.17, 15) is 4.39 Å². The van der Waals surface area contributed by atoms with Crippen molar-refractivity contribution >= 4 is 0 Å². The van der Waals surface area contributed by atoms with Crippen LogP contribution in [0.5, 0.6) is 5.75 Å². The number of nitrogens with zero attached hydrogens (tertiary/aromatic N) is 2. The Kier molecular flexibility index (Phi) is 4.70. The number of nitrogens with one attached hydrogen (secondary N) is 1. The highest BCUT2D eigenvalue weighted by Crippen LogP contribution is 2.25. The van der Waals surface area contributed by atoms with Crippen LogP contribution in [0, 0.1) is 5.82 Å². The van der Waals surface area contributed by atoms with Crippen LogP contribution in [-0.2, 0) is 6.54 Å². The van der Waals surface area contributed by atoms with E-state index in [4.69, 9.17) is 10.6 Å². The number of aromatic nitrogens is 2. The maximum atomic E-state index is 13.8. The predicted octanol–water partition coefficient (Wildman–Crippen LogP) is 1.99. The van der Waals surface area contributed by atoms with Gasteiger partial charge >= 0.3 is 0 Å². The second kappa shape index (κ2) is 6.49. The standard InChI is InChI=1S/C14H19FN4O/c1-3-8-19-12(6-7-17-19)14(18-16)10-4-5-13(20-2)11(15)9-10/h4-7,9,14,18H,3,8,16H2,1-2H3. The van der Waals surface area contributed by atoms with Crippen LogP contribution in [0.25, 0.3) is 0 Å². The maximum absolute atomic E-state index is 13.8. The lowest BCUT2D eigenvalue weighted by Crippen LogP contribution is -2.30. The predicted molar refractivity (Wildman–Crippen MR) is 74.6 cm³/mol.